The number of aromatic nitrogens is 2. The van der Waals surface area contributed by atoms with Crippen LogP contribution in [0.1, 0.15) is 50.5 Å². The van der Waals surface area contributed by atoms with E-state index in [1.54, 1.807) is 0 Å². The maximum atomic E-state index is 12.0. The minimum absolute atomic E-state index is 0.122. The summed E-state index contributed by atoms with van der Waals surface area (Å²) < 4.78 is 0. The van der Waals surface area contributed by atoms with Gasteiger partial charge in [-0.15, -0.1) is 10.2 Å². The van der Waals surface area contributed by atoms with Gasteiger partial charge >= 0.3 is 0 Å². The summed E-state index contributed by atoms with van der Waals surface area (Å²) in [4.78, 5) is 12.0. The van der Waals surface area contributed by atoms with Crippen LogP contribution in [0.25, 0.3) is 0 Å². The standard InChI is InChI=1S/C14H21N3OS/c1-2-3-13-16-17-14(19-13)15-12(18)8-11-7-9-4-5-10(11)6-9/h9-11H,2-8H2,1H3,(H,15,17,18). The zero-order chi connectivity index (χ0) is 13.2. The van der Waals surface area contributed by atoms with Crippen molar-refractivity contribution in [3.63, 3.8) is 0 Å². The first kappa shape index (κ1) is 13.0. The lowest BCUT2D eigenvalue weighted by Gasteiger charge is -2.20. The molecule has 0 saturated heterocycles. The Morgan fingerprint density at radius 2 is 2.26 bits per heavy atom. The highest BCUT2D eigenvalue weighted by Gasteiger charge is 2.40. The van der Waals surface area contributed by atoms with Gasteiger partial charge in [-0.3, -0.25) is 4.79 Å². The van der Waals surface area contributed by atoms with Crippen LogP contribution >= 0.6 is 11.3 Å². The van der Waals surface area contributed by atoms with E-state index in [0.717, 1.165) is 29.7 Å². The molecule has 5 heteroatoms. The normalized spacial score (nSPS) is 28.8. The Kier molecular flexibility index (Phi) is 3.82. The summed E-state index contributed by atoms with van der Waals surface area (Å²) in [6.07, 6.45) is 8.02. The summed E-state index contributed by atoms with van der Waals surface area (Å²) >= 11 is 1.50. The molecule has 2 bridgehead atoms. The van der Waals surface area contributed by atoms with E-state index in [9.17, 15) is 4.79 Å². The summed E-state index contributed by atoms with van der Waals surface area (Å²) in [7, 11) is 0. The minimum atomic E-state index is 0.122. The van der Waals surface area contributed by atoms with Gasteiger partial charge in [-0.1, -0.05) is 24.7 Å². The molecule has 1 amide bonds. The van der Waals surface area contributed by atoms with Crippen molar-refractivity contribution < 1.29 is 4.79 Å². The number of nitrogens with zero attached hydrogens (tertiary/aromatic N) is 2. The van der Waals surface area contributed by atoms with Crippen molar-refractivity contribution in [3.05, 3.63) is 5.01 Å². The first-order valence-corrected chi connectivity index (χ1v) is 8.18. The molecule has 19 heavy (non-hydrogen) atoms. The van der Waals surface area contributed by atoms with Crippen LogP contribution in [0.4, 0.5) is 5.13 Å². The van der Waals surface area contributed by atoms with E-state index >= 15 is 0 Å². The maximum absolute atomic E-state index is 12.0. The quantitative estimate of drug-likeness (QED) is 0.900. The lowest BCUT2D eigenvalue weighted by molar-refractivity contribution is -0.117. The Balaban J connectivity index is 1.50. The van der Waals surface area contributed by atoms with Crippen LogP contribution < -0.4 is 5.32 Å². The van der Waals surface area contributed by atoms with Crippen molar-refractivity contribution in [2.45, 2.75) is 51.9 Å². The van der Waals surface area contributed by atoms with Crippen LogP contribution in [-0.4, -0.2) is 16.1 Å². The SMILES string of the molecule is CCCc1nnc(NC(=O)CC2CC3CCC2C3)s1. The maximum Gasteiger partial charge on any atom is 0.226 e. The van der Waals surface area contributed by atoms with Crippen molar-refractivity contribution in [1.82, 2.24) is 10.2 Å². The Morgan fingerprint density at radius 1 is 1.37 bits per heavy atom. The number of amides is 1. The Hall–Kier alpha value is -0.970. The van der Waals surface area contributed by atoms with E-state index in [-0.39, 0.29) is 5.91 Å². The molecule has 4 nitrogen and oxygen atoms in total. The Labute approximate surface area is 118 Å². The summed E-state index contributed by atoms with van der Waals surface area (Å²) in [6.45, 7) is 2.12. The van der Waals surface area contributed by atoms with Gasteiger partial charge in [0.2, 0.25) is 11.0 Å². The van der Waals surface area contributed by atoms with E-state index < -0.39 is 0 Å². The average molecular weight is 279 g/mol. The highest BCUT2D eigenvalue weighted by atomic mass is 32.1. The zero-order valence-corrected chi connectivity index (χ0v) is 12.2. The second-order valence-corrected chi connectivity index (χ2v) is 7.00. The monoisotopic (exact) mass is 279 g/mol. The lowest BCUT2D eigenvalue weighted by atomic mass is 9.86. The van der Waals surface area contributed by atoms with Crippen molar-refractivity contribution in [3.8, 4) is 0 Å². The van der Waals surface area contributed by atoms with Gasteiger partial charge in [0.25, 0.3) is 0 Å². The van der Waals surface area contributed by atoms with E-state index in [1.807, 2.05) is 0 Å². The fourth-order valence-corrected chi connectivity index (χ4v) is 4.51. The van der Waals surface area contributed by atoms with Gasteiger partial charge in [-0.2, -0.15) is 0 Å². The molecule has 0 aromatic carbocycles. The summed E-state index contributed by atoms with van der Waals surface area (Å²) in [5.41, 5.74) is 0. The van der Waals surface area contributed by atoms with Crippen LogP contribution in [0.3, 0.4) is 0 Å². The summed E-state index contributed by atoms with van der Waals surface area (Å²) in [6, 6.07) is 0. The minimum Gasteiger partial charge on any atom is -0.301 e. The summed E-state index contributed by atoms with van der Waals surface area (Å²) in [5.74, 6) is 2.44. The number of nitrogens with one attached hydrogen (secondary N) is 1. The predicted octanol–water partition coefficient (Wildman–Crippen LogP) is 3.26. The molecule has 2 aliphatic rings. The molecule has 0 spiro atoms. The van der Waals surface area contributed by atoms with E-state index in [2.05, 4.69) is 22.4 Å². The van der Waals surface area contributed by atoms with Gasteiger partial charge in [0.1, 0.15) is 5.01 Å². The number of fused-ring (bicyclic) bond motifs is 2. The van der Waals surface area contributed by atoms with Gasteiger partial charge in [0.05, 0.1) is 0 Å². The van der Waals surface area contributed by atoms with Gasteiger partial charge in [0.15, 0.2) is 0 Å². The summed E-state index contributed by atoms with van der Waals surface area (Å²) in [5, 5.41) is 12.7. The third kappa shape index (κ3) is 2.96. The second kappa shape index (κ2) is 5.57. The van der Waals surface area contributed by atoms with Gasteiger partial charge < -0.3 is 5.32 Å². The smallest absolute Gasteiger partial charge is 0.226 e. The molecule has 2 fully saturated rings. The molecule has 3 atom stereocenters. The number of rotatable bonds is 5. The third-order valence-electron chi connectivity index (χ3n) is 4.51. The highest BCUT2D eigenvalue weighted by molar-refractivity contribution is 7.15. The first-order chi connectivity index (χ1) is 9.24. The largest absolute Gasteiger partial charge is 0.301 e. The van der Waals surface area contributed by atoms with Gasteiger partial charge in [-0.25, -0.2) is 0 Å². The van der Waals surface area contributed by atoms with Crippen LogP contribution in [0.2, 0.25) is 0 Å². The van der Waals surface area contributed by atoms with Crippen molar-refractivity contribution in [1.29, 1.82) is 0 Å². The number of hydrogen-bond donors (Lipinski definition) is 1. The number of anilines is 1. The lowest BCUT2D eigenvalue weighted by Crippen LogP contribution is -2.20. The second-order valence-electron chi connectivity index (χ2n) is 5.94. The molecule has 0 aliphatic heterocycles. The molecular formula is C14H21N3OS. The fourth-order valence-electron chi connectivity index (χ4n) is 3.65. The average Bonchev–Trinajstić information content (AvgIpc) is 3.06. The fraction of sp³-hybridized carbons (Fsp3) is 0.786. The first-order valence-electron chi connectivity index (χ1n) is 7.36. The van der Waals surface area contributed by atoms with Crippen LogP contribution in [0.5, 0.6) is 0 Å². The molecule has 1 aromatic rings. The van der Waals surface area contributed by atoms with Crippen LogP contribution in [0.15, 0.2) is 0 Å². The van der Waals surface area contributed by atoms with Crippen molar-refractivity contribution in [2.75, 3.05) is 5.32 Å². The molecule has 104 valence electrons. The Bertz CT molecular complexity index is 459. The van der Waals surface area contributed by atoms with Crippen LogP contribution in [-0.2, 0) is 11.2 Å². The molecule has 1 N–H and O–H groups in total. The molecular weight excluding hydrogens is 258 g/mol. The molecule has 1 heterocycles. The number of carbonyl (C=O) groups excluding carboxylic acids is 1. The van der Waals surface area contributed by atoms with Crippen molar-refractivity contribution >= 4 is 22.4 Å². The third-order valence-corrected chi connectivity index (χ3v) is 5.41. The van der Waals surface area contributed by atoms with Crippen molar-refractivity contribution in [2.24, 2.45) is 17.8 Å². The molecule has 0 radical (unpaired) electrons. The topological polar surface area (TPSA) is 54.9 Å². The number of aryl methyl sites for hydroxylation is 1. The van der Waals surface area contributed by atoms with E-state index in [1.165, 1.54) is 37.0 Å². The highest BCUT2D eigenvalue weighted by Crippen LogP contribution is 2.49. The van der Waals surface area contributed by atoms with Gasteiger partial charge in [-0.05, 0) is 43.4 Å². The zero-order valence-electron chi connectivity index (χ0n) is 11.4. The van der Waals surface area contributed by atoms with Gasteiger partial charge in [0, 0.05) is 12.8 Å². The number of carbonyl (C=O) groups is 1. The number of hydrogen-bond acceptors (Lipinski definition) is 4. The molecule has 1 aromatic heterocycles. The van der Waals surface area contributed by atoms with Crippen LogP contribution in [0, 0.1) is 17.8 Å². The van der Waals surface area contributed by atoms with E-state index in [4.69, 9.17) is 0 Å². The van der Waals surface area contributed by atoms with E-state index in [0.29, 0.717) is 17.5 Å². The Morgan fingerprint density at radius 3 is 2.95 bits per heavy atom. The predicted molar refractivity (Wildman–Crippen MR) is 76.1 cm³/mol. The molecule has 2 aliphatic carbocycles. The molecule has 3 unspecified atom stereocenters. The molecule has 3 rings (SSSR count). The molecule has 2 saturated carbocycles.